The van der Waals surface area contributed by atoms with E-state index in [0.717, 1.165) is 5.19 Å². The second-order valence-electron chi connectivity index (χ2n) is 1.79. The summed E-state index contributed by atoms with van der Waals surface area (Å²) in [4.78, 5) is 0. The molecule has 0 N–H and O–H groups in total. The van der Waals surface area contributed by atoms with Gasteiger partial charge in [0.15, 0.2) is 17.9 Å². The van der Waals surface area contributed by atoms with Crippen LogP contribution < -0.4 is 5.19 Å². The standard InChI is InChI=1S/C6H6O2SSi.ClH/c7-9(8)10-6-4-2-1-3-5-6;/h1-5,10H;1H. The Balaban J connectivity index is 0.000001000. The summed E-state index contributed by atoms with van der Waals surface area (Å²) in [6, 6.07) is 9.21. The Kier molecular flexibility index (Phi) is 5.02. The van der Waals surface area contributed by atoms with E-state index in [4.69, 9.17) is 0 Å². The lowest BCUT2D eigenvalue weighted by Crippen LogP contribution is -2.05. The van der Waals surface area contributed by atoms with Crippen LogP contribution in [0, 0.1) is 0 Å². The highest BCUT2D eigenvalue weighted by Crippen LogP contribution is 1.77. The van der Waals surface area contributed by atoms with Gasteiger partial charge in [-0.2, -0.15) is 8.42 Å². The third-order valence-corrected chi connectivity index (χ3v) is 3.28. The van der Waals surface area contributed by atoms with E-state index in [1.807, 2.05) is 30.3 Å². The van der Waals surface area contributed by atoms with Gasteiger partial charge in [0, 0.05) is 0 Å². The number of rotatable bonds is 1. The fraction of sp³-hybridized carbons (Fsp3) is 0. The molecule has 0 spiro atoms. The molecule has 0 radical (unpaired) electrons. The molecule has 0 saturated carbocycles. The van der Waals surface area contributed by atoms with Gasteiger partial charge in [-0.3, -0.25) is 0 Å². The van der Waals surface area contributed by atoms with E-state index in [0.29, 0.717) is 0 Å². The highest BCUT2D eigenvalue weighted by atomic mass is 35.5. The first-order valence-electron chi connectivity index (χ1n) is 2.77. The van der Waals surface area contributed by atoms with Gasteiger partial charge in [-0.1, -0.05) is 30.3 Å². The molecule has 0 amide bonds. The Morgan fingerprint density at radius 2 is 1.64 bits per heavy atom. The largest absolute Gasteiger partial charge is 0.194 e. The van der Waals surface area contributed by atoms with Crippen molar-refractivity contribution in [1.29, 1.82) is 0 Å². The van der Waals surface area contributed by atoms with Gasteiger partial charge in [0.05, 0.1) is 0 Å². The first-order valence-corrected chi connectivity index (χ1v) is 5.90. The Hall–Kier alpha value is -0.453. The highest BCUT2D eigenvalue weighted by Gasteiger charge is 1.83. The van der Waals surface area contributed by atoms with Crippen LogP contribution in [0.1, 0.15) is 0 Å². The lowest BCUT2D eigenvalue weighted by molar-refractivity contribution is 0.628. The lowest BCUT2D eigenvalue weighted by Gasteiger charge is -1.83. The van der Waals surface area contributed by atoms with Gasteiger partial charge in [0.1, 0.15) is 0 Å². The molecule has 0 aromatic heterocycles. The molecule has 0 saturated heterocycles. The van der Waals surface area contributed by atoms with Crippen LogP contribution in [-0.4, -0.2) is 16.6 Å². The van der Waals surface area contributed by atoms with Gasteiger partial charge in [0.2, 0.25) is 0 Å². The smallest absolute Gasteiger partial charge is 0.188 e. The molecule has 5 heteroatoms. The van der Waals surface area contributed by atoms with E-state index in [9.17, 15) is 8.42 Å². The molecular weight excluding hydrogens is 200 g/mol. The lowest BCUT2D eigenvalue weighted by atomic mass is 10.4. The molecule has 11 heavy (non-hydrogen) atoms. The topological polar surface area (TPSA) is 34.1 Å². The summed E-state index contributed by atoms with van der Waals surface area (Å²) in [5.41, 5.74) is 0. The zero-order valence-corrected chi connectivity index (χ0v) is 8.38. The third kappa shape index (κ3) is 4.08. The first kappa shape index (κ1) is 10.5. The first-order chi connectivity index (χ1) is 4.79. The molecular formula is C6H7ClO2SSi. The summed E-state index contributed by atoms with van der Waals surface area (Å²) in [7, 11) is -2.47. The molecule has 1 aromatic rings. The zero-order chi connectivity index (χ0) is 7.40. The maximum atomic E-state index is 10.2. The molecule has 0 heterocycles. The van der Waals surface area contributed by atoms with Crippen molar-refractivity contribution in [2.75, 3.05) is 0 Å². The average molecular weight is 207 g/mol. The van der Waals surface area contributed by atoms with Gasteiger partial charge in [-0.15, -0.1) is 12.4 Å². The van der Waals surface area contributed by atoms with Crippen LogP contribution in [0.5, 0.6) is 0 Å². The van der Waals surface area contributed by atoms with Crippen LogP contribution in [0.15, 0.2) is 30.3 Å². The SMILES string of the molecule is Cl.O=S(=O)=[SiH]c1ccccc1. The molecule has 2 nitrogen and oxygen atoms in total. The molecule has 0 fully saturated rings. The fourth-order valence-corrected chi connectivity index (χ4v) is 2.38. The number of halogens is 1. The molecule has 0 aliphatic heterocycles. The van der Waals surface area contributed by atoms with Crippen molar-refractivity contribution in [3.8, 4) is 0 Å². The molecule has 1 rings (SSSR count). The van der Waals surface area contributed by atoms with Crippen LogP contribution in [0.25, 0.3) is 0 Å². The summed E-state index contributed by atoms with van der Waals surface area (Å²) in [6.07, 6.45) is 0. The maximum absolute atomic E-state index is 10.2. The van der Waals surface area contributed by atoms with Gasteiger partial charge in [-0.25, -0.2) is 0 Å². The van der Waals surface area contributed by atoms with E-state index >= 15 is 0 Å². The average Bonchev–Trinajstić information content (AvgIpc) is 1.88. The molecule has 0 bridgehead atoms. The maximum Gasteiger partial charge on any atom is 0.188 e. The second kappa shape index (κ2) is 5.23. The Bertz CT molecular complexity index is 325. The molecule has 0 unspecified atom stereocenters. The van der Waals surface area contributed by atoms with E-state index in [-0.39, 0.29) is 12.4 Å². The number of benzene rings is 1. The summed E-state index contributed by atoms with van der Waals surface area (Å²) in [6.45, 7) is 0. The molecule has 0 aliphatic carbocycles. The molecule has 60 valence electrons. The summed E-state index contributed by atoms with van der Waals surface area (Å²) < 4.78 is 20.4. The minimum atomic E-state index is -1.88. The van der Waals surface area contributed by atoms with Gasteiger partial charge < -0.3 is 0 Å². The van der Waals surface area contributed by atoms with Gasteiger partial charge in [-0.05, 0) is 5.19 Å². The van der Waals surface area contributed by atoms with Gasteiger partial charge in [0.25, 0.3) is 0 Å². The van der Waals surface area contributed by atoms with Crippen LogP contribution in [0.3, 0.4) is 0 Å². The van der Waals surface area contributed by atoms with Crippen LogP contribution in [0.2, 0.25) is 0 Å². The quantitative estimate of drug-likeness (QED) is 0.605. The van der Waals surface area contributed by atoms with Crippen molar-refractivity contribution < 1.29 is 8.42 Å². The Labute approximate surface area is 74.6 Å². The Morgan fingerprint density at radius 3 is 2.09 bits per heavy atom. The van der Waals surface area contributed by atoms with Crippen LogP contribution in [-0.2, 0) is 9.70 Å². The number of hydrogen-bond donors (Lipinski definition) is 0. The van der Waals surface area contributed by atoms with Crippen molar-refractivity contribution in [3.63, 3.8) is 0 Å². The minimum Gasteiger partial charge on any atom is -0.194 e. The van der Waals surface area contributed by atoms with Crippen molar-refractivity contribution in [2.45, 2.75) is 0 Å². The number of hydrogen-bond acceptors (Lipinski definition) is 2. The summed E-state index contributed by atoms with van der Waals surface area (Å²) >= 11 is 0. The third-order valence-electron chi connectivity index (χ3n) is 1.03. The fourth-order valence-electron chi connectivity index (χ4n) is 0.643. The summed E-state index contributed by atoms with van der Waals surface area (Å²) in [5, 5.41) is 0.913. The van der Waals surface area contributed by atoms with Crippen molar-refractivity contribution in [1.82, 2.24) is 0 Å². The molecule has 1 aromatic carbocycles. The van der Waals surface area contributed by atoms with E-state index in [1.165, 1.54) is 0 Å². The predicted octanol–water partition coefficient (Wildman–Crippen LogP) is -0.0357. The van der Waals surface area contributed by atoms with E-state index in [1.54, 1.807) is 0 Å². The predicted molar refractivity (Wildman–Crippen MR) is 49.4 cm³/mol. The van der Waals surface area contributed by atoms with Crippen molar-refractivity contribution in [2.24, 2.45) is 0 Å². The van der Waals surface area contributed by atoms with E-state index < -0.39 is 17.9 Å². The Morgan fingerprint density at radius 1 is 1.09 bits per heavy atom. The van der Waals surface area contributed by atoms with Crippen molar-refractivity contribution in [3.05, 3.63) is 30.3 Å². The minimum absolute atomic E-state index is 0. The van der Waals surface area contributed by atoms with E-state index in [2.05, 4.69) is 0 Å². The summed E-state index contributed by atoms with van der Waals surface area (Å²) in [5.74, 6) is 0. The van der Waals surface area contributed by atoms with Crippen molar-refractivity contribution >= 4 is 35.5 Å². The highest BCUT2D eigenvalue weighted by molar-refractivity contribution is 7.79. The normalized spacial score (nSPS) is 8.00. The second-order valence-corrected chi connectivity index (χ2v) is 5.07. The zero-order valence-electron chi connectivity index (χ0n) is 5.60. The molecule has 0 atom stereocenters. The molecule has 0 aliphatic rings. The van der Waals surface area contributed by atoms with Crippen LogP contribution in [0.4, 0.5) is 0 Å². The van der Waals surface area contributed by atoms with Gasteiger partial charge >= 0.3 is 0 Å². The monoisotopic (exact) mass is 206 g/mol. The van der Waals surface area contributed by atoms with Crippen LogP contribution >= 0.6 is 12.4 Å².